The lowest BCUT2D eigenvalue weighted by Gasteiger charge is -2.26. The van der Waals surface area contributed by atoms with Crippen LogP contribution in [0.2, 0.25) is 0 Å². The molecular weight excluding hydrogens is 248 g/mol. The lowest BCUT2D eigenvalue weighted by Crippen LogP contribution is -2.36. The molecule has 2 aromatic carbocycles. The van der Waals surface area contributed by atoms with E-state index >= 15 is 0 Å². The Balaban J connectivity index is 1.83. The quantitative estimate of drug-likeness (QED) is 0.838. The van der Waals surface area contributed by atoms with Gasteiger partial charge in [-0.3, -0.25) is 4.79 Å². The van der Waals surface area contributed by atoms with Gasteiger partial charge in [0.05, 0.1) is 6.04 Å². The smallest absolute Gasteiger partial charge is 0.158 e. The number of nitrogens with two attached hydrogens (primary N) is 1. The van der Waals surface area contributed by atoms with Crippen molar-refractivity contribution in [3.63, 3.8) is 0 Å². The van der Waals surface area contributed by atoms with Gasteiger partial charge in [0.1, 0.15) is 0 Å². The van der Waals surface area contributed by atoms with Crippen molar-refractivity contribution in [3.05, 3.63) is 65.2 Å². The Morgan fingerprint density at radius 2 is 2.00 bits per heavy atom. The Labute approximate surface area is 118 Å². The first-order valence-electron chi connectivity index (χ1n) is 6.92. The molecule has 3 heteroatoms. The third-order valence-corrected chi connectivity index (χ3v) is 3.76. The number of fused-ring (bicyclic) bond motifs is 1. The summed E-state index contributed by atoms with van der Waals surface area (Å²) < 4.78 is 0. The zero-order valence-electron chi connectivity index (χ0n) is 11.3. The molecule has 1 aliphatic rings. The molecule has 0 saturated heterocycles. The number of hydrogen-bond donors (Lipinski definition) is 2. The molecule has 1 aliphatic heterocycles. The molecule has 0 spiro atoms. The second-order valence-electron chi connectivity index (χ2n) is 5.22. The van der Waals surface area contributed by atoms with Crippen LogP contribution in [0.1, 0.15) is 22.7 Å². The maximum Gasteiger partial charge on any atom is 0.158 e. The van der Waals surface area contributed by atoms with E-state index in [1.165, 1.54) is 5.56 Å². The summed E-state index contributed by atoms with van der Waals surface area (Å²) in [6, 6.07) is 15.5. The van der Waals surface area contributed by atoms with Gasteiger partial charge in [0.2, 0.25) is 0 Å². The second kappa shape index (κ2) is 5.47. The van der Waals surface area contributed by atoms with Gasteiger partial charge in [0, 0.05) is 18.7 Å². The molecule has 1 heterocycles. The lowest BCUT2D eigenvalue weighted by atomic mass is 9.89. The van der Waals surface area contributed by atoms with E-state index < -0.39 is 0 Å². The Morgan fingerprint density at radius 1 is 1.20 bits per heavy atom. The average molecular weight is 266 g/mol. The van der Waals surface area contributed by atoms with Crippen molar-refractivity contribution in [2.75, 3.05) is 12.3 Å². The minimum Gasteiger partial charge on any atom is -0.399 e. The number of carbonyl (C=O) groups excluding carboxylic acids is 1. The van der Waals surface area contributed by atoms with E-state index in [1.54, 1.807) is 0 Å². The largest absolute Gasteiger partial charge is 0.399 e. The normalized spacial score (nSPS) is 17.5. The van der Waals surface area contributed by atoms with E-state index in [9.17, 15) is 4.79 Å². The summed E-state index contributed by atoms with van der Waals surface area (Å²) in [7, 11) is 0. The Kier molecular flexibility index (Phi) is 3.52. The number of nitrogen functional groups attached to an aromatic ring is 1. The maximum atomic E-state index is 12.5. The van der Waals surface area contributed by atoms with Crippen LogP contribution in [0.5, 0.6) is 0 Å². The third-order valence-electron chi connectivity index (χ3n) is 3.76. The van der Waals surface area contributed by atoms with Crippen molar-refractivity contribution in [2.45, 2.75) is 18.9 Å². The van der Waals surface area contributed by atoms with Crippen molar-refractivity contribution in [1.82, 2.24) is 5.32 Å². The summed E-state index contributed by atoms with van der Waals surface area (Å²) in [5, 5.41) is 3.32. The zero-order valence-corrected chi connectivity index (χ0v) is 11.3. The average Bonchev–Trinajstić information content (AvgIpc) is 2.47. The van der Waals surface area contributed by atoms with Gasteiger partial charge in [-0.2, -0.15) is 0 Å². The number of hydrogen-bond acceptors (Lipinski definition) is 3. The fourth-order valence-corrected chi connectivity index (χ4v) is 2.77. The van der Waals surface area contributed by atoms with Gasteiger partial charge in [0.15, 0.2) is 5.78 Å². The highest BCUT2D eigenvalue weighted by atomic mass is 16.1. The number of nitrogens with one attached hydrogen (secondary N) is 1. The summed E-state index contributed by atoms with van der Waals surface area (Å²) in [4.78, 5) is 12.5. The molecule has 1 unspecified atom stereocenters. The topological polar surface area (TPSA) is 55.1 Å². The fraction of sp³-hybridized carbons (Fsp3) is 0.235. The molecule has 3 nitrogen and oxygen atoms in total. The van der Waals surface area contributed by atoms with Gasteiger partial charge in [-0.1, -0.05) is 36.4 Å². The molecule has 102 valence electrons. The number of benzene rings is 2. The monoisotopic (exact) mass is 266 g/mol. The van der Waals surface area contributed by atoms with Crippen molar-refractivity contribution >= 4 is 11.5 Å². The highest BCUT2D eigenvalue weighted by Crippen LogP contribution is 2.26. The predicted octanol–water partition coefficient (Wildman–Crippen LogP) is 2.27. The molecule has 0 bridgehead atoms. The molecule has 0 radical (unpaired) electrons. The van der Waals surface area contributed by atoms with Crippen molar-refractivity contribution in [1.29, 1.82) is 0 Å². The van der Waals surface area contributed by atoms with Gasteiger partial charge < -0.3 is 11.1 Å². The van der Waals surface area contributed by atoms with Crippen LogP contribution in [0.25, 0.3) is 0 Å². The second-order valence-corrected chi connectivity index (χ2v) is 5.22. The van der Waals surface area contributed by atoms with Gasteiger partial charge in [-0.25, -0.2) is 0 Å². The van der Waals surface area contributed by atoms with E-state index in [0.29, 0.717) is 6.42 Å². The van der Waals surface area contributed by atoms with Crippen molar-refractivity contribution in [3.8, 4) is 0 Å². The Morgan fingerprint density at radius 3 is 2.80 bits per heavy atom. The van der Waals surface area contributed by atoms with Crippen LogP contribution < -0.4 is 11.1 Å². The molecule has 0 amide bonds. The molecule has 0 saturated carbocycles. The van der Waals surface area contributed by atoms with E-state index in [1.807, 2.05) is 48.5 Å². The van der Waals surface area contributed by atoms with E-state index in [4.69, 9.17) is 5.73 Å². The zero-order chi connectivity index (χ0) is 13.9. The van der Waals surface area contributed by atoms with Gasteiger partial charge in [-0.15, -0.1) is 0 Å². The van der Waals surface area contributed by atoms with Crippen molar-refractivity contribution in [2.24, 2.45) is 0 Å². The number of rotatable bonds is 3. The van der Waals surface area contributed by atoms with Crippen LogP contribution in [-0.2, 0) is 17.6 Å². The summed E-state index contributed by atoms with van der Waals surface area (Å²) in [5.41, 5.74) is 9.91. The van der Waals surface area contributed by atoms with Gasteiger partial charge >= 0.3 is 0 Å². The van der Waals surface area contributed by atoms with Crippen LogP contribution in [0, 0.1) is 0 Å². The summed E-state index contributed by atoms with van der Waals surface area (Å²) in [6.45, 7) is 0.821. The first kappa shape index (κ1) is 12.9. The van der Waals surface area contributed by atoms with Crippen LogP contribution in [0.15, 0.2) is 48.5 Å². The highest BCUT2D eigenvalue weighted by molar-refractivity contribution is 5.88. The number of ketones is 1. The number of anilines is 1. The van der Waals surface area contributed by atoms with Crippen LogP contribution >= 0.6 is 0 Å². The van der Waals surface area contributed by atoms with Crippen LogP contribution in [0.4, 0.5) is 5.69 Å². The predicted molar refractivity (Wildman–Crippen MR) is 80.5 cm³/mol. The summed E-state index contributed by atoms with van der Waals surface area (Å²) in [5.74, 6) is 0.210. The summed E-state index contributed by atoms with van der Waals surface area (Å²) >= 11 is 0. The molecule has 0 aromatic heterocycles. The minimum atomic E-state index is -0.209. The molecule has 3 rings (SSSR count). The first-order chi connectivity index (χ1) is 9.74. The van der Waals surface area contributed by atoms with E-state index in [0.717, 1.165) is 29.8 Å². The van der Waals surface area contributed by atoms with Crippen LogP contribution in [0.3, 0.4) is 0 Å². The molecule has 1 atom stereocenters. The molecule has 3 N–H and O–H groups in total. The standard InChI is InChI=1S/C17H18N2O/c18-14-6-7-15-13(11-14)8-9-19-17(15)16(20)10-12-4-2-1-3-5-12/h1-7,11,17,19H,8-10,18H2. The maximum absolute atomic E-state index is 12.5. The fourth-order valence-electron chi connectivity index (χ4n) is 2.77. The SMILES string of the molecule is Nc1ccc2c(c1)CCNC2C(=O)Cc1ccccc1. The third kappa shape index (κ3) is 2.58. The molecular formula is C17H18N2O. The molecule has 0 aliphatic carbocycles. The highest BCUT2D eigenvalue weighted by Gasteiger charge is 2.25. The summed E-state index contributed by atoms with van der Waals surface area (Å²) in [6.07, 6.45) is 1.39. The molecule has 0 fully saturated rings. The number of Topliss-reactive ketones (excluding diaryl/α,β-unsaturated/α-hetero) is 1. The molecule has 2 aromatic rings. The molecule has 20 heavy (non-hydrogen) atoms. The van der Waals surface area contributed by atoms with Crippen molar-refractivity contribution < 1.29 is 4.79 Å². The number of carbonyl (C=O) groups is 1. The van der Waals surface area contributed by atoms with Crippen LogP contribution in [-0.4, -0.2) is 12.3 Å². The van der Waals surface area contributed by atoms with E-state index in [-0.39, 0.29) is 11.8 Å². The van der Waals surface area contributed by atoms with E-state index in [2.05, 4.69) is 5.32 Å². The Hall–Kier alpha value is -2.13. The van der Waals surface area contributed by atoms with Gasteiger partial charge in [0.25, 0.3) is 0 Å². The minimum absolute atomic E-state index is 0.209. The lowest BCUT2D eigenvalue weighted by molar-refractivity contribution is -0.120. The first-order valence-corrected chi connectivity index (χ1v) is 6.92. The Bertz CT molecular complexity index is 622. The van der Waals surface area contributed by atoms with Gasteiger partial charge in [-0.05, 0) is 35.2 Å².